The van der Waals surface area contributed by atoms with E-state index in [4.69, 9.17) is 5.73 Å². The van der Waals surface area contributed by atoms with Crippen LogP contribution in [-0.4, -0.2) is 24.8 Å². The molecule has 0 spiro atoms. The topological polar surface area (TPSA) is 77.2 Å². The van der Waals surface area contributed by atoms with Crippen LogP contribution in [0.1, 0.15) is 103 Å². The Bertz CT molecular complexity index is 509. The summed E-state index contributed by atoms with van der Waals surface area (Å²) in [5.41, 5.74) is 5.32. The predicted molar refractivity (Wildman–Crippen MR) is 110 cm³/mol. The van der Waals surface area contributed by atoms with Gasteiger partial charge in [0, 0.05) is 0 Å². The highest BCUT2D eigenvalue weighted by atomic mass is 32.2. The van der Waals surface area contributed by atoms with Crippen molar-refractivity contribution in [3.8, 4) is 0 Å². The highest BCUT2D eigenvalue weighted by Crippen LogP contribution is 2.32. The van der Waals surface area contributed by atoms with Gasteiger partial charge in [-0.25, -0.2) is 8.42 Å². The summed E-state index contributed by atoms with van der Waals surface area (Å²) < 4.78 is 24.4. The molecular weight excluding hydrogens is 346 g/mol. The minimum Gasteiger partial charge on any atom is -0.369 e. The lowest BCUT2D eigenvalue weighted by atomic mass is 10.1. The van der Waals surface area contributed by atoms with Crippen LogP contribution in [0.2, 0.25) is 0 Å². The number of amides is 1. The fourth-order valence-corrected chi connectivity index (χ4v) is 5.40. The van der Waals surface area contributed by atoms with Crippen LogP contribution in [0.5, 0.6) is 0 Å². The van der Waals surface area contributed by atoms with Crippen LogP contribution >= 0.6 is 0 Å². The molecule has 0 aromatic heterocycles. The van der Waals surface area contributed by atoms with Gasteiger partial charge in [-0.2, -0.15) is 0 Å². The van der Waals surface area contributed by atoms with Crippen molar-refractivity contribution in [3.05, 3.63) is 12.2 Å². The first kappa shape index (κ1) is 23.2. The predicted octanol–water partition coefficient (Wildman–Crippen LogP) is 5.06. The monoisotopic (exact) mass is 385 g/mol. The third-order valence-electron chi connectivity index (χ3n) is 5.18. The molecule has 0 saturated heterocycles. The van der Waals surface area contributed by atoms with E-state index in [1.165, 1.54) is 44.9 Å². The maximum absolute atomic E-state index is 12.2. The van der Waals surface area contributed by atoms with Crippen LogP contribution in [0.25, 0.3) is 0 Å². The van der Waals surface area contributed by atoms with Crippen molar-refractivity contribution in [2.24, 2.45) is 5.73 Å². The summed E-state index contributed by atoms with van der Waals surface area (Å²) in [7, 11) is -3.33. The second kappa shape index (κ2) is 13.3. The summed E-state index contributed by atoms with van der Waals surface area (Å²) in [6.45, 7) is 2.24. The SMILES string of the molecule is CCCCCCCC/C=C\CCCCCCC(C(N)=O)S(=O)(=O)C1CC1. The minimum atomic E-state index is -3.33. The number of nitrogens with two attached hydrogens (primary N) is 1. The number of carbonyl (C=O) groups is 1. The average Bonchev–Trinajstić information content (AvgIpc) is 3.43. The Morgan fingerprint density at radius 2 is 1.42 bits per heavy atom. The Labute approximate surface area is 160 Å². The third-order valence-corrected chi connectivity index (χ3v) is 7.84. The Kier molecular flexibility index (Phi) is 11.9. The molecule has 152 valence electrons. The molecule has 0 aliphatic heterocycles. The van der Waals surface area contributed by atoms with Gasteiger partial charge in [0.05, 0.1) is 5.25 Å². The smallest absolute Gasteiger partial charge is 0.235 e. The maximum Gasteiger partial charge on any atom is 0.235 e. The van der Waals surface area contributed by atoms with Crippen LogP contribution in [0.3, 0.4) is 0 Å². The fourth-order valence-electron chi connectivity index (χ4n) is 3.32. The van der Waals surface area contributed by atoms with Gasteiger partial charge in [-0.3, -0.25) is 4.79 Å². The quantitative estimate of drug-likeness (QED) is 0.281. The normalized spacial score (nSPS) is 16.2. The number of allylic oxidation sites excluding steroid dienone is 2. The molecule has 1 atom stereocenters. The number of hydrogen-bond acceptors (Lipinski definition) is 3. The number of sulfone groups is 1. The van der Waals surface area contributed by atoms with E-state index in [-0.39, 0.29) is 5.25 Å². The van der Waals surface area contributed by atoms with Gasteiger partial charge >= 0.3 is 0 Å². The standard InChI is InChI=1S/C21H39NO3S/c1-2-3-4-5-6-7-8-9-10-11-12-13-14-15-16-20(21(22)23)26(24,25)19-17-18-19/h9-10,19-20H,2-8,11-18H2,1H3,(H2,22,23)/b10-9-. The van der Waals surface area contributed by atoms with Crippen molar-refractivity contribution < 1.29 is 13.2 Å². The molecule has 0 aromatic rings. The van der Waals surface area contributed by atoms with Crippen molar-refractivity contribution >= 4 is 15.7 Å². The molecule has 5 heteroatoms. The molecular formula is C21H39NO3S. The van der Waals surface area contributed by atoms with Crippen molar-refractivity contribution in [1.29, 1.82) is 0 Å². The van der Waals surface area contributed by atoms with E-state index in [0.717, 1.165) is 32.1 Å². The van der Waals surface area contributed by atoms with Crippen molar-refractivity contribution in [2.45, 2.75) is 114 Å². The lowest BCUT2D eigenvalue weighted by Gasteiger charge is -2.13. The number of primary amides is 1. The highest BCUT2D eigenvalue weighted by Gasteiger charge is 2.43. The van der Waals surface area contributed by atoms with Crippen molar-refractivity contribution in [2.75, 3.05) is 0 Å². The van der Waals surface area contributed by atoms with E-state index < -0.39 is 21.0 Å². The first-order valence-corrected chi connectivity index (χ1v) is 12.3. The van der Waals surface area contributed by atoms with E-state index in [0.29, 0.717) is 19.3 Å². The lowest BCUT2D eigenvalue weighted by Crippen LogP contribution is -2.37. The van der Waals surface area contributed by atoms with Gasteiger partial charge in [-0.15, -0.1) is 0 Å². The Morgan fingerprint density at radius 1 is 0.923 bits per heavy atom. The second-order valence-corrected chi connectivity index (χ2v) is 10.1. The fraction of sp³-hybridized carbons (Fsp3) is 0.857. The molecule has 1 saturated carbocycles. The molecule has 1 rings (SSSR count). The Balaban J connectivity index is 1.99. The molecule has 1 unspecified atom stereocenters. The number of unbranched alkanes of at least 4 members (excludes halogenated alkanes) is 10. The zero-order chi connectivity index (χ0) is 19.3. The van der Waals surface area contributed by atoms with Crippen molar-refractivity contribution in [1.82, 2.24) is 0 Å². The molecule has 0 heterocycles. The van der Waals surface area contributed by atoms with Crippen LogP contribution in [0.4, 0.5) is 0 Å². The van der Waals surface area contributed by atoms with Crippen molar-refractivity contribution in [3.63, 3.8) is 0 Å². The molecule has 1 aliphatic rings. The molecule has 2 N–H and O–H groups in total. The minimum absolute atomic E-state index is 0.309. The maximum atomic E-state index is 12.2. The summed E-state index contributed by atoms with van der Waals surface area (Å²) in [4.78, 5) is 11.5. The van der Waals surface area contributed by atoms with Crippen LogP contribution < -0.4 is 5.73 Å². The Hall–Kier alpha value is -0.840. The van der Waals surface area contributed by atoms with Gasteiger partial charge in [-0.1, -0.05) is 70.4 Å². The largest absolute Gasteiger partial charge is 0.369 e. The first-order valence-electron chi connectivity index (χ1n) is 10.7. The number of rotatable bonds is 17. The molecule has 0 bridgehead atoms. The van der Waals surface area contributed by atoms with E-state index in [1.54, 1.807) is 0 Å². The lowest BCUT2D eigenvalue weighted by molar-refractivity contribution is -0.117. The van der Waals surface area contributed by atoms with Gasteiger partial charge in [0.25, 0.3) is 0 Å². The van der Waals surface area contributed by atoms with Gasteiger partial charge in [0.2, 0.25) is 5.91 Å². The molecule has 1 fully saturated rings. The molecule has 1 amide bonds. The highest BCUT2D eigenvalue weighted by molar-refractivity contribution is 7.93. The molecule has 1 aliphatic carbocycles. The van der Waals surface area contributed by atoms with Crippen LogP contribution in [0, 0.1) is 0 Å². The van der Waals surface area contributed by atoms with Crippen LogP contribution in [-0.2, 0) is 14.6 Å². The van der Waals surface area contributed by atoms with E-state index >= 15 is 0 Å². The summed E-state index contributed by atoms with van der Waals surface area (Å²) >= 11 is 0. The Morgan fingerprint density at radius 3 is 1.92 bits per heavy atom. The van der Waals surface area contributed by atoms with Gasteiger partial charge < -0.3 is 5.73 Å². The summed E-state index contributed by atoms with van der Waals surface area (Å²) in [5, 5.41) is -1.27. The summed E-state index contributed by atoms with van der Waals surface area (Å²) in [6, 6.07) is 0. The third kappa shape index (κ3) is 9.75. The summed E-state index contributed by atoms with van der Waals surface area (Å²) in [5.74, 6) is -0.672. The van der Waals surface area contributed by atoms with E-state index in [1.807, 2.05) is 0 Å². The number of carbonyl (C=O) groups excluding carboxylic acids is 1. The van der Waals surface area contributed by atoms with Gasteiger partial charge in [0.15, 0.2) is 9.84 Å². The van der Waals surface area contributed by atoms with Crippen LogP contribution in [0.15, 0.2) is 12.2 Å². The number of hydrogen-bond donors (Lipinski definition) is 1. The van der Waals surface area contributed by atoms with Gasteiger partial charge in [0.1, 0.15) is 5.25 Å². The molecule has 0 radical (unpaired) electrons. The second-order valence-electron chi connectivity index (χ2n) is 7.70. The molecule has 4 nitrogen and oxygen atoms in total. The first-order chi connectivity index (χ1) is 12.5. The van der Waals surface area contributed by atoms with E-state index in [2.05, 4.69) is 19.1 Å². The molecule has 26 heavy (non-hydrogen) atoms. The summed E-state index contributed by atoms with van der Waals surface area (Å²) in [6.07, 6.45) is 20.6. The molecule has 0 aromatic carbocycles. The van der Waals surface area contributed by atoms with E-state index in [9.17, 15) is 13.2 Å². The average molecular weight is 386 g/mol. The zero-order valence-electron chi connectivity index (χ0n) is 16.6. The zero-order valence-corrected chi connectivity index (χ0v) is 17.4. The van der Waals surface area contributed by atoms with Gasteiger partial charge in [-0.05, 0) is 44.9 Å².